The van der Waals surface area contributed by atoms with Gasteiger partial charge in [-0.05, 0) is 60.1 Å². The number of hydrogen-bond donors (Lipinski definition) is 2. The molecule has 0 unspecified atom stereocenters. The zero-order valence-electron chi connectivity index (χ0n) is 22.6. The van der Waals surface area contributed by atoms with Gasteiger partial charge in [-0.15, -0.1) is 0 Å². The van der Waals surface area contributed by atoms with E-state index in [1.807, 2.05) is 12.3 Å². The van der Waals surface area contributed by atoms with Gasteiger partial charge in [-0.2, -0.15) is 0 Å². The maximum atomic E-state index is 4.58. The molecule has 0 bridgehead atoms. The van der Waals surface area contributed by atoms with Crippen LogP contribution in [0.2, 0.25) is 0 Å². The Bertz CT molecular complexity index is 912. The molecule has 2 N–H and O–H groups in total. The van der Waals surface area contributed by atoms with E-state index in [2.05, 4.69) is 96.7 Å². The smallest absolute Gasteiger partial charge is 1.00 e. The number of aryl methyl sites for hydroxylation is 4. The van der Waals surface area contributed by atoms with Crippen molar-refractivity contribution >= 4 is 11.4 Å². The zero-order valence-corrected chi connectivity index (χ0v) is 26.8. The Hall–Kier alpha value is -1.38. The van der Waals surface area contributed by atoms with Crippen molar-refractivity contribution in [1.29, 1.82) is 0 Å². The van der Waals surface area contributed by atoms with E-state index in [0.29, 0.717) is 0 Å². The van der Waals surface area contributed by atoms with E-state index in [4.69, 9.17) is 0 Å². The van der Waals surface area contributed by atoms with Gasteiger partial charge < -0.3 is 44.6 Å². The Labute approximate surface area is 256 Å². The van der Waals surface area contributed by atoms with Crippen LogP contribution in [0.1, 0.15) is 55.6 Å². The van der Waals surface area contributed by atoms with Crippen LogP contribution in [0, 0.1) is 0 Å². The van der Waals surface area contributed by atoms with Crippen LogP contribution in [-0.4, -0.2) is 36.1 Å². The molecule has 0 aliphatic heterocycles. The monoisotopic (exact) mass is 675 g/mol. The summed E-state index contributed by atoms with van der Waals surface area (Å²) in [6.07, 6.45) is 6.09. The molecule has 0 atom stereocenters. The fourth-order valence-electron chi connectivity index (χ4n) is 4.61. The van der Waals surface area contributed by atoms with E-state index >= 15 is 0 Å². The van der Waals surface area contributed by atoms with Gasteiger partial charge in [0.05, 0.1) is 5.69 Å². The molecule has 1 radical (unpaired) electrons. The van der Waals surface area contributed by atoms with Crippen molar-refractivity contribution in [2.24, 2.45) is 0 Å². The maximum Gasteiger partial charge on any atom is 2.00 e. The molecule has 0 saturated heterocycles. The third-order valence-electron chi connectivity index (χ3n) is 6.57. The largest absolute Gasteiger partial charge is 2.00 e. The summed E-state index contributed by atoms with van der Waals surface area (Å²) >= 11 is 0. The van der Waals surface area contributed by atoms with Crippen LogP contribution in [0.4, 0.5) is 11.4 Å². The van der Waals surface area contributed by atoms with Crippen LogP contribution in [0.15, 0.2) is 60.8 Å². The molecule has 0 aliphatic rings. The number of halogens is 2. The topological polar surface area (TPSA) is 40.2 Å². The molecular weight excluding hydrogens is 635 g/mol. The first-order valence-electron chi connectivity index (χ1n) is 13.0. The first-order valence-corrected chi connectivity index (χ1v) is 13.0. The molecule has 7 heteroatoms. The van der Waals surface area contributed by atoms with Crippen LogP contribution in [0.3, 0.4) is 0 Å². The molecule has 0 spiro atoms. The zero-order chi connectivity index (χ0) is 24.2. The molecule has 0 fully saturated rings. The minimum atomic E-state index is 0. The summed E-state index contributed by atoms with van der Waals surface area (Å²) in [5.74, 6) is 0. The molecule has 3 rings (SSSR count). The van der Waals surface area contributed by atoms with Gasteiger partial charge in [-0.25, -0.2) is 0 Å². The van der Waals surface area contributed by atoms with Crippen molar-refractivity contribution < 1.29 is 50.7 Å². The van der Waals surface area contributed by atoms with Crippen molar-refractivity contribution in [1.82, 2.24) is 9.88 Å². The van der Waals surface area contributed by atoms with Gasteiger partial charge in [-0.1, -0.05) is 70.2 Å². The molecule has 3 aromatic rings. The molecule has 1 heterocycles. The van der Waals surface area contributed by atoms with Crippen molar-refractivity contribution in [3.8, 4) is 0 Å². The summed E-state index contributed by atoms with van der Waals surface area (Å²) in [6, 6.07) is 19.5. The second kappa shape index (κ2) is 19.7. The number of nitrogens with one attached hydrogen (secondary N) is 2. The minimum absolute atomic E-state index is 0. The predicted molar refractivity (Wildman–Crippen MR) is 147 cm³/mol. The summed E-state index contributed by atoms with van der Waals surface area (Å²) in [5, 5.41) is 7.52. The van der Waals surface area contributed by atoms with E-state index in [0.717, 1.165) is 64.1 Å². The standard InChI is InChI=1S/C30H42N4.2BrH.Co/c1-5-24-13-11-14-25(6-2)29(24)32-19-21-34(23-28-17-9-10-18-31-28)22-20-33-30-26(7-3)15-12-16-27(30)8-4;;;/h9-18,32-33H,5-8,19-23H2,1-4H3;2*1H;/q;;;+2/p-2. The second-order valence-electron chi connectivity index (χ2n) is 8.77. The first-order chi connectivity index (χ1) is 16.7. The molecule has 205 valence electrons. The Balaban J connectivity index is 0.00000432. The van der Waals surface area contributed by atoms with E-state index in [1.54, 1.807) is 0 Å². The number of pyridine rings is 1. The number of rotatable bonds is 14. The number of aromatic nitrogens is 1. The van der Waals surface area contributed by atoms with E-state index in [9.17, 15) is 0 Å². The average Bonchev–Trinajstić information content (AvgIpc) is 2.89. The number of hydrogen-bond acceptors (Lipinski definition) is 4. The fourth-order valence-corrected chi connectivity index (χ4v) is 4.61. The molecular formula is C30H42Br2CoN4. The Morgan fingerprint density at radius 3 is 1.41 bits per heavy atom. The molecule has 37 heavy (non-hydrogen) atoms. The van der Waals surface area contributed by atoms with Crippen molar-refractivity contribution in [2.45, 2.75) is 59.9 Å². The Morgan fingerprint density at radius 1 is 0.622 bits per heavy atom. The molecule has 0 saturated carbocycles. The minimum Gasteiger partial charge on any atom is -1.00 e. The molecule has 4 nitrogen and oxygen atoms in total. The number of para-hydroxylation sites is 2. The average molecular weight is 677 g/mol. The number of anilines is 2. The van der Waals surface area contributed by atoms with E-state index in [1.165, 1.54) is 33.6 Å². The summed E-state index contributed by atoms with van der Waals surface area (Å²) in [4.78, 5) is 7.08. The van der Waals surface area contributed by atoms with E-state index in [-0.39, 0.29) is 50.7 Å². The van der Waals surface area contributed by atoms with Gasteiger partial charge in [0.2, 0.25) is 0 Å². The second-order valence-corrected chi connectivity index (χ2v) is 8.77. The maximum absolute atomic E-state index is 4.58. The molecule has 1 aromatic heterocycles. The van der Waals surface area contributed by atoms with Crippen LogP contribution >= 0.6 is 0 Å². The van der Waals surface area contributed by atoms with Gasteiger partial charge in [-0.3, -0.25) is 9.88 Å². The van der Waals surface area contributed by atoms with Crippen LogP contribution < -0.4 is 44.6 Å². The third kappa shape index (κ3) is 10.7. The van der Waals surface area contributed by atoms with Gasteiger partial charge in [0, 0.05) is 50.3 Å². The van der Waals surface area contributed by atoms with Crippen molar-refractivity contribution in [3.05, 3.63) is 88.7 Å². The molecule has 2 aromatic carbocycles. The van der Waals surface area contributed by atoms with Gasteiger partial charge in [0.15, 0.2) is 0 Å². The fraction of sp³-hybridized carbons (Fsp3) is 0.433. The van der Waals surface area contributed by atoms with Crippen LogP contribution in [0.25, 0.3) is 0 Å². The number of nitrogens with zero attached hydrogens (tertiary/aromatic N) is 2. The quantitative estimate of drug-likeness (QED) is 0.259. The van der Waals surface area contributed by atoms with Gasteiger partial charge in [0.25, 0.3) is 0 Å². The van der Waals surface area contributed by atoms with Crippen LogP contribution in [-0.2, 0) is 49.0 Å². The Kier molecular flexibility index (Phi) is 18.9. The SMILES string of the molecule is CCc1cccc(CC)c1NCCN(CCNc1c(CC)cccc1CC)Cc1ccccn1.[Br-].[Br-].[Co+2]. The first kappa shape index (κ1) is 35.6. The number of benzene rings is 2. The normalized spacial score (nSPS) is 10.2. The van der Waals surface area contributed by atoms with Gasteiger partial charge >= 0.3 is 16.8 Å². The van der Waals surface area contributed by atoms with E-state index < -0.39 is 0 Å². The Morgan fingerprint density at radius 2 is 1.05 bits per heavy atom. The predicted octanol–water partition coefficient (Wildman–Crippen LogP) is 0.363. The summed E-state index contributed by atoms with van der Waals surface area (Å²) in [7, 11) is 0. The van der Waals surface area contributed by atoms with Gasteiger partial charge in [0.1, 0.15) is 0 Å². The summed E-state index contributed by atoms with van der Waals surface area (Å²) < 4.78 is 0. The summed E-state index contributed by atoms with van der Waals surface area (Å²) in [5.41, 5.74) is 9.39. The molecule has 0 amide bonds. The van der Waals surface area contributed by atoms with Crippen LogP contribution in [0.5, 0.6) is 0 Å². The third-order valence-corrected chi connectivity index (χ3v) is 6.57. The van der Waals surface area contributed by atoms with Crippen molar-refractivity contribution in [3.63, 3.8) is 0 Å². The van der Waals surface area contributed by atoms with Crippen molar-refractivity contribution in [2.75, 3.05) is 36.8 Å². The molecule has 0 aliphatic carbocycles. The summed E-state index contributed by atoms with van der Waals surface area (Å²) in [6.45, 7) is 13.6.